The van der Waals surface area contributed by atoms with Crippen molar-refractivity contribution in [1.82, 2.24) is 0 Å². The fourth-order valence-corrected chi connectivity index (χ4v) is 3.24. The minimum absolute atomic E-state index is 0.197. The van der Waals surface area contributed by atoms with Crippen molar-refractivity contribution in [1.29, 1.82) is 0 Å². The summed E-state index contributed by atoms with van der Waals surface area (Å²) in [4.78, 5) is -0.394. The fourth-order valence-electron chi connectivity index (χ4n) is 1.56. The third kappa shape index (κ3) is 3.92. The summed E-state index contributed by atoms with van der Waals surface area (Å²) < 4.78 is 55.8. The Morgan fingerprint density at radius 2 is 0.864 bits per heavy atom. The first-order valence-corrected chi connectivity index (χ1v) is 9.03. The topological polar surface area (TPSA) is 86.7 Å². The van der Waals surface area contributed by atoms with Gasteiger partial charge in [-0.15, -0.1) is 0 Å². The highest BCUT2D eigenvalue weighted by atomic mass is 32.2. The third-order valence-corrected chi connectivity index (χ3v) is 5.11. The van der Waals surface area contributed by atoms with Crippen molar-refractivity contribution in [2.24, 2.45) is 0 Å². The largest absolute Gasteiger partial charge is 0.324 e. The van der Waals surface area contributed by atoms with Gasteiger partial charge >= 0.3 is 20.2 Å². The molecule has 0 amide bonds. The second kappa shape index (κ2) is 6.17. The van der Waals surface area contributed by atoms with Gasteiger partial charge in [0.25, 0.3) is 0 Å². The van der Waals surface area contributed by atoms with Crippen molar-refractivity contribution in [2.45, 2.75) is 23.6 Å². The Morgan fingerprint density at radius 1 is 0.591 bits per heavy atom. The van der Waals surface area contributed by atoms with E-state index in [2.05, 4.69) is 8.67 Å². The monoisotopic (exact) mass is 342 g/mol. The first-order valence-electron chi connectivity index (χ1n) is 6.22. The van der Waals surface area contributed by atoms with E-state index in [0.29, 0.717) is 0 Å². The van der Waals surface area contributed by atoms with Gasteiger partial charge in [-0.1, -0.05) is 44.1 Å². The molecule has 0 radical (unpaired) electrons. The van der Waals surface area contributed by atoms with Gasteiger partial charge in [0.2, 0.25) is 0 Å². The van der Waals surface area contributed by atoms with Gasteiger partial charge in [0.05, 0.1) is 9.79 Å². The zero-order chi connectivity index (χ0) is 16.4. The maximum atomic E-state index is 11.9. The van der Waals surface area contributed by atoms with E-state index in [1.54, 1.807) is 38.1 Å². The predicted octanol–water partition coefficient (Wildman–Crippen LogP) is 2.33. The highest BCUT2D eigenvalue weighted by molar-refractivity contribution is 7.89. The molecule has 0 aromatic heterocycles. The summed E-state index contributed by atoms with van der Waals surface area (Å²) in [5, 5.41) is 0. The molecule has 8 heteroatoms. The van der Waals surface area contributed by atoms with Crippen LogP contribution in [0.15, 0.2) is 58.3 Å². The molecule has 0 aliphatic rings. The third-order valence-electron chi connectivity index (χ3n) is 2.83. The van der Waals surface area contributed by atoms with Crippen LogP contribution in [0.1, 0.15) is 11.1 Å². The van der Waals surface area contributed by atoms with Crippen molar-refractivity contribution >= 4 is 20.2 Å². The zero-order valence-corrected chi connectivity index (χ0v) is 13.5. The number of hydrogen-bond donors (Lipinski definition) is 0. The Labute approximate surface area is 129 Å². The quantitative estimate of drug-likeness (QED) is 0.612. The van der Waals surface area contributed by atoms with Crippen LogP contribution >= 0.6 is 0 Å². The normalized spacial score (nSPS) is 12.3. The zero-order valence-electron chi connectivity index (χ0n) is 11.9. The molecule has 0 unspecified atom stereocenters. The summed E-state index contributed by atoms with van der Waals surface area (Å²) >= 11 is 0. The van der Waals surface area contributed by atoms with E-state index in [9.17, 15) is 16.8 Å². The smallest absolute Gasteiger partial charge is 0.192 e. The van der Waals surface area contributed by atoms with Gasteiger partial charge in [-0.25, -0.2) is 0 Å². The molecule has 0 N–H and O–H groups in total. The van der Waals surface area contributed by atoms with Crippen LogP contribution in [0.3, 0.4) is 0 Å². The molecule has 0 spiro atoms. The summed E-state index contributed by atoms with van der Waals surface area (Å²) in [6, 6.07) is 11.4. The van der Waals surface area contributed by atoms with E-state index in [-0.39, 0.29) is 9.79 Å². The van der Waals surface area contributed by atoms with Crippen LogP contribution in [0.25, 0.3) is 0 Å². The molecule has 2 aromatic carbocycles. The van der Waals surface area contributed by atoms with Gasteiger partial charge < -0.3 is 0 Å². The molecule has 0 heterocycles. The molecule has 0 saturated carbocycles. The standard InChI is InChI=1S/C14H14O6S2/c1-11-3-7-13(8-4-11)21(15,16)19-20-22(17,18)14-9-5-12(2)6-10-14/h3-10H,1-2H3. The fraction of sp³-hybridized carbons (Fsp3) is 0.143. The van der Waals surface area contributed by atoms with Gasteiger partial charge in [0.15, 0.2) is 0 Å². The second-order valence-corrected chi connectivity index (χ2v) is 7.70. The molecule has 0 aliphatic carbocycles. The van der Waals surface area contributed by atoms with Gasteiger partial charge in [0, 0.05) is 0 Å². The van der Waals surface area contributed by atoms with Crippen LogP contribution in [0, 0.1) is 13.8 Å². The maximum Gasteiger partial charge on any atom is 0.324 e. The van der Waals surface area contributed by atoms with Crippen molar-refractivity contribution in [3.8, 4) is 0 Å². The molecular weight excluding hydrogens is 328 g/mol. The van der Waals surface area contributed by atoms with Crippen LogP contribution in [0.4, 0.5) is 0 Å². The van der Waals surface area contributed by atoms with E-state index in [4.69, 9.17) is 0 Å². The number of rotatable bonds is 5. The maximum absolute atomic E-state index is 11.9. The summed E-state index contributed by atoms with van der Waals surface area (Å²) in [5.41, 5.74) is 1.71. The van der Waals surface area contributed by atoms with Crippen molar-refractivity contribution in [2.75, 3.05) is 0 Å². The minimum atomic E-state index is -4.33. The summed E-state index contributed by atoms with van der Waals surface area (Å²) in [6.45, 7) is 3.57. The van der Waals surface area contributed by atoms with Gasteiger partial charge in [-0.3, -0.25) is 0 Å². The van der Waals surface area contributed by atoms with E-state index in [0.717, 1.165) is 11.1 Å². The SMILES string of the molecule is Cc1ccc(S(=O)(=O)OOS(=O)(=O)c2ccc(C)cc2)cc1. The van der Waals surface area contributed by atoms with Crippen LogP contribution in [-0.2, 0) is 28.9 Å². The lowest BCUT2D eigenvalue weighted by Crippen LogP contribution is -2.13. The van der Waals surface area contributed by atoms with Crippen LogP contribution in [0.5, 0.6) is 0 Å². The van der Waals surface area contributed by atoms with Gasteiger partial charge in [0.1, 0.15) is 0 Å². The van der Waals surface area contributed by atoms with Crippen molar-refractivity contribution in [3.05, 3.63) is 59.7 Å². The van der Waals surface area contributed by atoms with Gasteiger partial charge in [-0.05, 0) is 38.1 Å². The molecule has 0 atom stereocenters. The molecule has 6 nitrogen and oxygen atoms in total. The lowest BCUT2D eigenvalue weighted by atomic mass is 10.2. The number of hydrogen-bond acceptors (Lipinski definition) is 6. The molecule has 2 rings (SSSR count). The lowest BCUT2D eigenvalue weighted by Gasteiger charge is -2.06. The van der Waals surface area contributed by atoms with E-state index in [1.807, 2.05) is 0 Å². The highest BCUT2D eigenvalue weighted by Crippen LogP contribution is 2.18. The Morgan fingerprint density at radius 3 is 1.14 bits per heavy atom. The first-order chi connectivity index (χ1) is 10.2. The average Bonchev–Trinajstić information content (AvgIpc) is 2.46. The van der Waals surface area contributed by atoms with Gasteiger partial charge in [-0.2, -0.15) is 16.8 Å². The van der Waals surface area contributed by atoms with E-state index >= 15 is 0 Å². The first kappa shape index (κ1) is 16.6. The number of aryl methyl sites for hydroxylation is 2. The molecule has 0 fully saturated rings. The second-order valence-electron chi connectivity index (χ2n) is 4.67. The molecule has 2 aromatic rings. The van der Waals surface area contributed by atoms with Crippen LogP contribution < -0.4 is 0 Å². The Hall–Kier alpha value is -1.74. The van der Waals surface area contributed by atoms with E-state index in [1.165, 1.54) is 24.3 Å². The van der Waals surface area contributed by atoms with Crippen LogP contribution in [-0.4, -0.2) is 16.8 Å². The summed E-state index contributed by atoms with van der Waals surface area (Å²) in [5.74, 6) is 0. The predicted molar refractivity (Wildman–Crippen MR) is 78.9 cm³/mol. The van der Waals surface area contributed by atoms with Crippen molar-refractivity contribution in [3.63, 3.8) is 0 Å². The summed E-state index contributed by atoms with van der Waals surface area (Å²) in [6.07, 6.45) is 0. The Bertz CT molecular complexity index is 775. The minimum Gasteiger partial charge on any atom is -0.192 e. The van der Waals surface area contributed by atoms with Crippen LogP contribution in [0.2, 0.25) is 0 Å². The molecule has 0 saturated heterocycles. The Balaban J connectivity index is 2.17. The Kier molecular flexibility index (Phi) is 4.66. The molecule has 0 bridgehead atoms. The molecule has 22 heavy (non-hydrogen) atoms. The lowest BCUT2D eigenvalue weighted by molar-refractivity contribution is -0.0851. The number of benzene rings is 2. The average molecular weight is 342 g/mol. The van der Waals surface area contributed by atoms with E-state index < -0.39 is 20.2 Å². The summed E-state index contributed by atoms with van der Waals surface area (Å²) in [7, 11) is -8.66. The molecule has 0 aliphatic heterocycles. The van der Waals surface area contributed by atoms with Crippen molar-refractivity contribution < 1.29 is 25.5 Å². The molecular formula is C14H14O6S2. The highest BCUT2D eigenvalue weighted by Gasteiger charge is 2.23. The molecule has 118 valence electrons.